The lowest BCUT2D eigenvalue weighted by Gasteiger charge is -2.43. The molecule has 2 saturated heterocycles. The third-order valence-corrected chi connectivity index (χ3v) is 5.09. The molecule has 3 unspecified atom stereocenters. The van der Waals surface area contributed by atoms with Crippen molar-refractivity contribution in [2.24, 2.45) is 5.92 Å². The van der Waals surface area contributed by atoms with Crippen LogP contribution in [0.2, 0.25) is 0 Å². The van der Waals surface area contributed by atoms with Crippen molar-refractivity contribution in [3.63, 3.8) is 0 Å². The second-order valence-corrected chi connectivity index (χ2v) is 6.48. The second-order valence-electron chi connectivity index (χ2n) is 6.48. The molecule has 0 aliphatic carbocycles. The van der Waals surface area contributed by atoms with Gasteiger partial charge in [-0.25, -0.2) is 0 Å². The predicted octanol–water partition coefficient (Wildman–Crippen LogP) is 1.79. The van der Waals surface area contributed by atoms with Crippen LogP contribution in [0.15, 0.2) is 0 Å². The fourth-order valence-electron chi connectivity index (χ4n) is 3.49. The van der Waals surface area contributed by atoms with Crippen LogP contribution in [-0.4, -0.2) is 61.2 Å². The number of rotatable bonds is 3. The van der Waals surface area contributed by atoms with Gasteiger partial charge in [0.25, 0.3) is 0 Å². The predicted molar refractivity (Wildman–Crippen MR) is 77.9 cm³/mol. The highest BCUT2D eigenvalue weighted by molar-refractivity contribution is 4.89. The topological polar surface area (TPSA) is 18.5 Å². The van der Waals surface area contributed by atoms with Crippen LogP contribution >= 0.6 is 0 Å². The average Bonchev–Trinajstić information content (AvgIpc) is 2.37. The Morgan fingerprint density at radius 1 is 1.17 bits per heavy atom. The lowest BCUT2D eigenvalue weighted by atomic mass is 9.88. The maximum atomic E-state index is 3.95. The summed E-state index contributed by atoms with van der Waals surface area (Å²) in [6.45, 7) is 12.1. The molecule has 2 aliphatic rings. The molecule has 0 aromatic rings. The van der Waals surface area contributed by atoms with Gasteiger partial charge in [-0.05, 0) is 58.8 Å². The summed E-state index contributed by atoms with van der Waals surface area (Å²) in [6, 6.07) is 2.22. The van der Waals surface area contributed by atoms with E-state index in [0.29, 0.717) is 0 Å². The molecule has 106 valence electrons. The molecule has 0 radical (unpaired) electrons. The third-order valence-electron chi connectivity index (χ3n) is 5.09. The molecule has 0 amide bonds. The fourth-order valence-corrected chi connectivity index (χ4v) is 3.49. The van der Waals surface area contributed by atoms with Crippen LogP contribution in [0.25, 0.3) is 0 Å². The molecule has 1 N–H and O–H groups in total. The van der Waals surface area contributed by atoms with Gasteiger partial charge in [-0.15, -0.1) is 0 Å². The van der Waals surface area contributed by atoms with E-state index in [9.17, 15) is 0 Å². The third kappa shape index (κ3) is 3.46. The minimum Gasteiger partial charge on any atom is -0.311 e. The molecule has 0 aromatic heterocycles. The molecule has 0 aromatic carbocycles. The Labute approximate surface area is 113 Å². The monoisotopic (exact) mass is 253 g/mol. The fraction of sp³-hybridized carbons (Fsp3) is 1.00. The Balaban J connectivity index is 1.79. The van der Waals surface area contributed by atoms with E-state index in [-0.39, 0.29) is 0 Å². The van der Waals surface area contributed by atoms with Crippen LogP contribution < -0.4 is 5.32 Å². The molecule has 0 bridgehead atoms. The zero-order valence-electron chi connectivity index (χ0n) is 12.7. The summed E-state index contributed by atoms with van der Waals surface area (Å²) in [6.07, 6.45) is 3.98. The van der Waals surface area contributed by atoms with Crippen molar-refractivity contribution in [2.75, 3.05) is 33.2 Å². The molecule has 3 heteroatoms. The first-order valence-electron chi connectivity index (χ1n) is 7.78. The summed E-state index contributed by atoms with van der Waals surface area (Å²) >= 11 is 0. The minimum absolute atomic E-state index is 0.731. The van der Waals surface area contributed by atoms with Crippen LogP contribution in [0.1, 0.15) is 40.0 Å². The summed E-state index contributed by atoms with van der Waals surface area (Å²) in [5.74, 6) is 0.787. The highest BCUT2D eigenvalue weighted by Crippen LogP contribution is 2.22. The van der Waals surface area contributed by atoms with Crippen LogP contribution in [-0.2, 0) is 0 Å². The largest absolute Gasteiger partial charge is 0.311 e. The molecule has 2 heterocycles. The van der Waals surface area contributed by atoms with Crippen molar-refractivity contribution in [3.05, 3.63) is 0 Å². The molecule has 2 fully saturated rings. The standard InChI is InChI=1S/C15H31N3/c1-5-18-8-6-14(7-9-18)16-15-10-13(3)17(4)11-12(15)2/h12-16H,5-11H2,1-4H3. The first-order valence-corrected chi connectivity index (χ1v) is 7.78. The molecule has 0 saturated carbocycles. The number of hydrogen-bond acceptors (Lipinski definition) is 3. The SMILES string of the molecule is CCN1CCC(NC2CC(C)N(C)CC2C)CC1. The molecular weight excluding hydrogens is 222 g/mol. The van der Waals surface area contributed by atoms with Gasteiger partial charge in [0.15, 0.2) is 0 Å². The van der Waals surface area contributed by atoms with E-state index in [1.807, 2.05) is 0 Å². The summed E-state index contributed by atoms with van der Waals surface area (Å²) in [4.78, 5) is 5.07. The van der Waals surface area contributed by atoms with E-state index >= 15 is 0 Å². The number of likely N-dealkylation sites (tertiary alicyclic amines) is 2. The Bertz CT molecular complexity index is 248. The zero-order valence-corrected chi connectivity index (χ0v) is 12.7. The quantitative estimate of drug-likeness (QED) is 0.827. The lowest BCUT2D eigenvalue weighted by molar-refractivity contribution is 0.104. The molecule has 0 spiro atoms. The van der Waals surface area contributed by atoms with Crippen LogP contribution in [0, 0.1) is 5.92 Å². The summed E-state index contributed by atoms with van der Waals surface area (Å²) in [5.41, 5.74) is 0. The van der Waals surface area contributed by atoms with Gasteiger partial charge >= 0.3 is 0 Å². The number of hydrogen-bond donors (Lipinski definition) is 1. The van der Waals surface area contributed by atoms with Crippen LogP contribution in [0.5, 0.6) is 0 Å². The molecule has 2 aliphatic heterocycles. The smallest absolute Gasteiger partial charge is 0.0122 e. The van der Waals surface area contributed by atoms with Crippen molar-refractivity contribution in [3.8, 4) is 0 Å². The van der Waals surface area contributed by atoms with Crippen molar-refractivity contribution < 1.29 is 0 Å². The highest BCUT2D eigenvalue weighted by atomic mass is 15.2. The van der Waals surface area contributed by atoms with Crippen molar-refractivity contribution in [1.82, 2.24) is 15.1 Å². The summed E-state index contributed by atoms with van der Waals surface area (Å²) in [5, 5.41) is 3.95. The van der Waals surface area contributed by atoms with Gasteiger partial charge in [-0.3, -0.25) is 0 Å². The second kappa shape index (κ2) is 6.36. The lowest BCUT2D eigenvalue weighted by Crippen LogP contribution is -2.55. The number of piperidine rings is 2. The molecule has 3 nitrogen and oxygen atoms in total. The van der Waals surface area contributed by atoms with E-state index in [1.54, 1.807) is 0 Å². The highest BCUT2D eigenvalue weighted by Gasteiger charge is 2.30. The van der Waals surface area contributed by atoms with E-state index in [2.05, 4.69) is 42.9 Å². The van der Waals surface area contributed by atoms with Gasteiger partial charge in [-0.2, -0.15) is 0 Å². The Hall–Kier alpha value is -0.120. The Kier molecular flexibility index (Phi) is 5.05. The van der Waals surface area contributed by atoms with Gasteiger partial charge in [-0.1, -0.05) is 13.8 Å². The van der Waals surface area contributed by atoms with E-state index in [0.717, 1.165) is 24.0 Å². The van der Waals surface area contributed by atoms with Gasteiger partial charge in [0.05, 0.1) is 0 Å². The van der Waals surface area contributed by atoms with E-state index in [1.165, 1.54) is 45.4 Å². The van der Waals surface area contributed by atoms with Crippen molar-refractivity contribution in [2.45, 2.75) is 58.2 Å². The maximum Gasteiger partial charge on any atom is 0.0122 e. The maximum absolute atomic E-state index is 3.95. The first kappa shape index (κ1) is 14.3. The molecular formula is C15H31N3. The molecule has 2 rings (SSSR count). The van der Waals surface area contributed by atoms with Gasteiger partial charge in [0, 0.05) is 24.7 Å². The normalized spacial score (nSPS) is 37.0. The van der Waals surface area contributed by atoms with Gasteiger partial charge in [0.1, 0.15) is 0 Å². The Morgan fingerprint density at radius 3 is 2.44 bits per heavy atom. The van der Waals surface area contributed by atoms with Crippen molar-refractivity contribution in [1.29, 1.82) is 0 Å². The number of nitrogens with zero attached hydrogens (tertiary/aromatic N) is 2. The zero-order chi connectivity index (χ0) is 13.1. The molecule has 18 heavy (non-hydrogen) atoms. The number of nitrogens with one attached hydrogen (secondary N) is 1. The van der Waals surface area contributed by atoms with Crippen LogP contribution in [0.4, 0.5) is 0 Å². The van der Waals surface area contributed by atoms with E-state index < -0.39 is 0 Å². The Morgan fingerprint density at radius 2 is 1.83 bits per heavy atom. The first-order chi connectivity index (χ1) is 8.60. The average molecular weight is 253 g/mol. The van der Waals surface area contributed by atoms with E-state index in [4.69, 9.17) is 0 Å². The molecule has 3 atom stereocenters. The van der Waals surface area contributed by atoms with Gasteiger partial charge < -0.3 is 15.1 Å². The van der Waals surface area contributed by atoms with Crippen LogP contribution in [0.3, 0.4) is 0 Å². The van der Waals surface area contributed by atoms with Gasteiger partial charge in [0.2, 0.25) is 0 Å². The van der Waals surface area contributed by atoms with Crippen molar-refractivity contribution >= 4 is 0 Å². The summed E-state index contributed by atoms with van der Waals surface area (Å²) < 4.78 is 0. The minimum atomic E-state index is 0.731. The summed E-state index contributed by atoms with van der Waals surface area (Å²) in [7, 11) is 2.26.